The number of pyridine rings is 1. The lowest BCUT2D eigenvalue weighted by Gasteiger charge is -2.18. The highest BCUT2D eigenvalue weighted by molar-refractivity contribution is 5.32. The maximum atomic E-state index is 5.19. The van der Waals surface area contributed by atoms with Crippen LogP contribution in [0.25, 0.3) is 0 Å². The summed E-state index contributed by atoms with van der Waals surface area (Å²) in [5.74, 6) is 0. The second kappa shape index (κ2) is 5.83. The summed E-state index contributed by atoms with van der Waals surface area (Å²) >= 11 is 0. The van der Waals surface area contributed by atoms with Crippen molar-refractivity contribution in [2.45, 2.75) is 33.2 Å². The average Bonchev–Trinajstić information content (AvgIpc) is 2.85. The van der Waals surface area contributed by atoms with Gasteiger partial charge in [-0.3, -0.25) is 4.98 Å². The fourth-order valence-electron chi connectivity index (χ4n) is 2.13. The number of aromatic nitrogens is 1. The van der Waals surface area contributed by atoms with Crippen LogP contribution in [0.15, 0.2) is 35.3 Å². The molecule has 0 aromatic carbocycles. The van der Waals surface area contributed by atoms with E-state index in [2.05, 4.69) is 37.1 Å². The second-order valence-electron chi connectivity index (χ2n) is 4.66. The summed E-state index contributed by atoms with van der Waals surface area (Å²) < 4.78 is 5.19. The van der Waals surface area contributed by atoms with Crippen molar-refractivity contribution in [3.63, 3.8) is 0 Å². The molecule has 2 rings (SSSR count). The number of nitrogens with zero attached hydrogens (tertiary/aromatic N) is 1. The molecule has 0 spiro atoms. The molecule has 0 saturated carbocycles. The number of hydrogen-bond donors (Lipinski definition) is 1. The fraction of sp³-hybridized carbons (Fsp3) is 0.400. The van der Waals surface area contributed by atoms with E-state index >= 15 is 0 Å². The largest absolute Gasteiger partial charge is 0.472 e. The van der Waals surface area contributed by atoms with Crippen LogP contribution in [0.1, 0.15) is 41.8 Å². The normalized spacial score (nSPS) is 12.6. The Bertz CT molecular complexity index is 491. The third-order valence-corrected chi connectivity index (χ3v) is 3.00. The van der Waals surface area contributed by atoms with Crippen LogP contribution < -0.4 is 5.32 Å². The Balaban J connectivity index is 2.33. The highest BCUT2D eigenvalue weighted by Gasteiger charge is 2.17. The quantitative estimate of drug-likeness (QED) is 0.876. The van der Waals surface area contributed by atoms with Crippen LogP contribution in [0.3, 0.4) is 0 Å². The number of rotatable bonds is 5. The molecule has 0 aliphatic carbocycles. The van der Waals surface area contributed by atoms with E-state index in [9.17, 15) is 0 Å². The lowest BCUT2D eigenvalue weighted by Crippen LogP contribution is -2.24. The van der Waals surface area contributed by atoms with E-state index in [1.165, 1.54) is 11.1 Å². The average molecular weight is 244 g/mol. The van der Waals surface area contributed by atoms with Crippen LogP contribution in [0.2, 0.25) is 0 Å². The molecule has 1 N–H and O–H groups in total. The van der Waals surface area contributed by atoms with E-state index in [0.29, 0.717) is 0 Å². The molecule has 3 heteroatoms. The van der Waals surface area contributed by atoms with Gasteiger partial charge in [0.15, 0.2) is 0 Å². The van der Waals surface area contributed by atoms with E-state index in [0.717, 1.165) is 24.2 Å². The maximum absolute atomic E-state index is 5.19. The Morgan fingerprint density at radius 2 is 2.22 bits per heavy atom. The van der Waals surface area contributed by atoms with Gasteiger partial charge in [-0.1, -0.05) is 13.0 Å². The monoisotopic (exact) mass is 244 g/mol. The van der Waals surface area contributed by atoms with Crippen molar-refractivity contribution < 1.29 is 4.42 Å². The van der Waals surface area contributed by atoms with Crippen molar-refractivity contribution in [3.05, 3.63) is 53.2 Å². The molecule has 96 valence electrons. The van der Waals surface area contributed by atoms with E-state index < -0.39 is 0 Å². The number of aryl methyl sites for hydroxylation is 2. The Morgan fingerprint density at radius 3 is 2.83 bits per heavy atom. The van der Waals surface area contributed by atoms with E-state index in [-0.39, 0.29) is 6.04 Å². The smallest absolute Gasteiger partial charge is 0.0954 e. The number of furan rings is 1. The Kier molecular flexibility index (Phi) is 4.15. The van der Waals surface area contributed by atoms with Crippen LogP contribution >= 0.6 is 0 Å². The minimum absolute atomic E-state index is 0.115. The van der Waals surface area contributed by atoms with Gasteiger partial charge in [0.05, 0.1) is 24.3 Å². The van der Waals surface area contributed by atoms with Crippen LogP contribution in [-0.2, 0) is 0 Å². The van der Waals surface area contributed by atoms with Crippen molar-refractivity contribution in [2.24, 2.45) is 0 Å². The first-order chi connectivity index (χ1) is 8.72. The highest BCUT2D eigenvalue weighted by Crippen LogP contribution is 2.23. The Hall–Kier alpha value is -1.61. The summed E-state index contributed by atoms with van der Waals surface area (Å²) in [5, 5.41) is 3.53. The first kappa shape index (κ1) is 12.8. The summed E-state index contributed by atoms with van der Waals surface area (Å²) in [4.78, 5) is 4.58. The molecule has 0 bridgehead atoms. The summed E-state index contributed by atoms with van der Waals surface area (Å²) in [6, 6.07) is 4.28. The van der Waals surface area contributed by atoms with Gasteiger partial charge in [-0.2, -0.15) is 0 Å². The molecular weight excluding hydrogens is 224 g/mol. The lowest BCUT2D eigenvalue weighted by atomic mass is 10.0. The number of nitrogens with one attached hydrogen (secondary N) is 1. The Labute approximate surface area is 108 Å². The molecule has 2 aromatic heterocycles. The van der Waals surface area contributed by atoms with Crippen molar-refractivity contribution in [2.75, 3.05) is 6.54 Å². The van der Waals surface area contributed by atoms with Gasteiger partial charge < -0.3 is 9.73 Å². The van der Waals surface area contributed by atoms with Crippen LogP contribution in [-0.4, -0.2) is 11.5 Å². The molecule has 0 radical (unpaired) electrons. The molecular formula is C15H20N2O. The van der Waals surface area contributed by atoms with Gasteiger partial charge in [-0.05, 0) is 44.0 Å². The Morgan fingerprint density at radius 1 is 1.39 bits per heavy atom. The van der Waals surface area contributed by atoms with Crippen molar-refractivity contribution in [1.82, 2.24) is 10.3 Å². The van der Waals surface area contributed by atoms with Crippen molar-refractivity contribution in [3.8, 4) is 0 Å². The van der Waals surface area contributed by atoms with Gasteiger partial charge in [-0.25, -0.2) is 0 Å². The minimum Gasteiger partial charge on any atom is -0.472 e. The predicted octanol–water partition coefficient (Wildman–Crippen LogP) is 3.38. The zero-order valence-corrected chi connectivity index (χ0v) is 11.2. The first-order valence-electron chi connectivity index (χ1n) is 6.41. The minimum atomic E-state index is 0.115. The molecule has 0 saturated heterocycles. The first-order valence-corrected chi connectivity index (χ1v) is 6.41. The highest BCUT2D eigenvalue weighted by atomic mass is 16.3. The third kappa shape index (κ3) is 2.79. The molecule has 18 heavy (non-hydrogen) atoms. The predicted molar refractivity (Wildman–Crippen MR) is 72.6 cm³/mol. The topological polar surface area (TPSA) is 38.1 Å². The molecule has 1 unspecified atom stereocenters. The van der Waals surface area contributed by atoms with Gasteiger partial charge in [-0.15, -0.1) is 0 Å². The molecule has 2 heterocycles. The van der Waals surface area contributed by atoms with E-state index in [1.807, 2.05) is 12.3 Å². The molecule has 0 fully saturated rings. The number of hydrogen-bond acceptors (Lipinski definition) is 3. The SMILES string of the molecule is CCCNC(c1ccoc1)c1ncc(C)cc1C. The summed E-state index contributed by atoms with van der Waals surface area (Å²) in [5.41, 5.74) is 4.61. The second-order valence-corrected chi connectivity index (χ2v) is 4.66. The van der Waals surface area contributed by atoms with Gasteiger partial charge in [0, 0.05) is 11.8 Å². The van der Waals surface area contributed by atoms with Crippen LogP contribution in [0.5, 0.6) is 0 Å². The molecule has 3 nitrogen and oxygen atoms in total. The van der Waals surface area contributed by atoms with Gasteiger partial charge in [0.25, 0.3) is 0 Å². The van der Waals surface area contributed by atoms with Gasteiger partial charge >= 0.3 is 0 Å². The summed E-state index contributed by atoms with van der Waals surface area (Å²) in [6.45, 7) is 7.30. The zero-order chi connectivity index (χ0) is 13.0. The third-order valence-electron chi connectivity index (χ3n) is 3.00. The fourth-order valence-corrected chi connectivity index (χ4v) is 2.13. The van der Waals surface area contributed by atoms with Gasteiger partial charge in [0.1, 0.15) is 0 Å². The van der Waals surface area contributed by atoms with Crippen LogP contribution in [0, 0.1) is 13.8 Å². The van der Waals surface area contributed by atoms with E-state index in [4.69, 9.17) is 4.42 Å². The van der Waals surface area contributed by atoms with Crippen LogP contribution in [0.4, 0.5) is 0 Å². The zero-order valence-electron chi connectivity index (χ0n) is 11.2. The maximum Gasteiger partial charge on any atom is 0.0954 e. The van der Waals surface area contributed by atoms with Crippen molar-refractivity contribution >= 4 is 0 Å². The lowest BCUT2D eigenvalue weighted by molar-refractivity contribution is 0.543. The molecule has 0 aliphatic rings. The molecule has 1 atom stereocenters. The standard InChI is InChI=1S/C15H20N2O/c1-4-6-16-15(13-5-7-18-10-13)14-12(3)8-11(2)9-17-14/h5,7-10,15-16H,4,6H2,1-3H3. The summed E-state index contributed by atoms with van der Waals surface area (Å²) in [7, 11) is 0. The molecule has 0 amide bonds. The van der Waals surface area contributed by atoms with Crippen molar-refractivity contribution in [1.29, 1.82) is 0 Å². The van der Waals surface area contributed by atoms with E-state index in [1.54, 1.807) is 12.5 Å². The summed E-state index contributed by atoms with van der Waals surface area (Å²) in [6.07, 6.45) is 6.51. The molecule has 0 aliphatic heterocycles. The van der Waals surface area contributed by atoms with Gasteiger partial charge in [0.2, 0.25) is 0 Å². The molecule has 2 aromatic rings.